The molecule has 2 aromatic rings. The first kappa shape index (κ1) is 24.6. The highest BCUT2D eigenvalue weighted by Crippen LogP contribution is 2.23. The van der Waals surface area contributed by atoms with E-state index in [4.69, 9.17) is 4.74 Å². The molecule has 0 radical (unpaired) electrons. The Kier molecular flexibility index (Phi) is 8.85. The van der Waals surface area contributed by atoms with E-state index in [9.17, 15) is 9.59 Å². The van der Waals surface area contributed by atoms with Crippen molar-refractivity contribution in [2.24, 2.45) is 11.8 Å². The zero-order valence-corrected chi connectivity index (χ0v) is 19.8. The van der Waals surface area contributed by atoms with Crippen LogP contribution in [0.15, 0.2) is 54.6 Å². The van der Waals surface area contributed by atoms with Crippen LogP contribution in [0.3, 0.4) is 0 Å². The highest BCUT2D eigenvalue weighted by Gasteiger charge is 2.28. The molecule has 4 nitrogen and oxygen atoms in total. The summed E-state index contributed by atoms with van der Waals surface area (Å²) < 4.78 is 5.35. The van der Waals surface area contributed by atoms with E-state index in [0.717, 1.165) is 11.1 Å². The lowest BCUT2D eigenvalue weighted by atomic mass is 9.85. The summed E-state index contributed by atoms with van der Waals surface area (Å²) in [5.41, 5.74) is 3.49. The molecule has 0 fully saturated rings. The van der Waals surface area contributed by atoms with E-state index in [2.05, 4.69) is 50.4 Å². The smallest absolute Gasteiger partial charge is 0.407 e. The van der Waals surface area contributed by atoms with Crippen molar-refractivity contribution in [3.8, 4) is 0 Å². The number of nitrogens with one attached hydrogen (secondary N) is 1. The third-order valence-electron chi connectivity index (χ3n) is 5.74. The second kappa shape index (κ2) is 11.1. The highest BCUT2D eigenvalue weighted by molar-refractivity contribution is 5.82. The molecular formula is C27H37NO3. The first-order valence-corrected chi connectivity index (χ1v) is 11.2. The number of carbonyl (C=O) groups is 2. The molecule has 0 aliphatic carbocycles. The number of ketones is 1. The van der Waals surface area contributed by atoms with Crippen molar-refractivity contribution in [3.63, 3.8) is 0 Å². The van der Waals surface area contributed by atoms with Crippen molar-refractivity contribution in [1.82, 2.24) is 5.32 Å². The van der Waals surface area contributed by atoms with Gasteiger partial charge in [-0.1, -0.05) is 96.1 Å². The van der Waals surface area contributed by atoms with Crippen molar-refractivity contribution in [2.75, 3.05) is 0 Å². The molecule has 0 aromatic heterocycles. The van der Waals surface area contributed by atoms with Gasteiger partial charge in [0.15, 0.2) is 0 Å². The number of ether oxygens (including phenoxy) is 1. The van der Waals surface area contributed by atoms with Crippen LogP contribution in [0.25, 0.3) is 0 Å². The summed E-state index contributed by atoms with van der Waals surface area (Å²) in [7, 11) is 0. The Balaban J connectivity index is 1.88. The minimum atomic E-state index is -0.486. The molecule has 2 rings (SSSR count). The molecule has 168 valence electrons. The Labute approximate surface area is 187 Å². The maximum atomic E-state index is 12.9. The predicted molar refractivity (Wildman–Crippen MR) is 126 cm³/mol. The third-order valence-corrected chi connectivity index (χ3v) is 5.74. The summed E-state index contributed by atoms with van der Waals surface area (Å²) in [5.74, 6) is -0.00521. The predicted octanol–water partition coefficient (Wildman–Crippen LogP) is 6.07. The molecule has 0 unspecified atom stereocenters. The molecule has 1 N–H and O–H groups in total. The average Bonchev–Trinajstić information content (AvgIpc) is 2.74. The van der Waals surface area contributed by atoms with Gasteiger partial charge in [-0.3, -0.25) is 4.79 Å². The lowest BCUT2D eigenvalue weighted by Gasteiger charge is -2.27. The van der Waals surface area contributed by atoms with E-state index in [1.54, 1.807) is 0 Å². The number of benzene rings is 2. The molecular weight excluding hydrogens is 386 g/mol. The largest absolute Gasteiger partial charge is 0.445 e. The van der Waals surface area contributed by atoms with Gasteiger partial charge in [0.05, 0.1) is 0 Å². The van der Waals surface area contributed by atoms with Crippen molar-refractivity contribution < 1.29 is 14.3 Å². The van der Waals surface area contributed by atoms with Crippen molar-refractivity contribution in [2.45, 2.75) is 72.4 Å². The van der Waals surface area contributed by atoms with E-state index >= 15 is 0 Å². The minimum absolute atomic E-state index is 0.119. The van der Waals surface area contributed by atoms with Crippen LogP contribution in [-0.4, -0.2) is 17.9 Å². The monoisotopic (exact) mass is 423 g/mol. The van der Waals surface area contributed by atoms with E-state index in [1.807, 2.05) is 51.1 Å². The van der Waals surface area contributed by atoms with Crippen LogP contribution in [-0.2, 0) is 28.0 Å². The van der Waals surface area contributed by atoms with Gasteiger partial charge in [-0.05, 0) is 34.4 Å². The van der Waals surface area contributed by atoms with Crippen LogP contribution < -0.4 is 5.32 Å². The molecule has 31 heavy (non-hydrogen) atoms. The summed E-state index contributed by atoms with van der Waals surface area (Å²) >= 11 is 0. The maximum absolute atomic E-state index is 12.9. The molecule has 2 aromatic carbocycles. The molecule has 0 spiro atoms. The standard InChI is InChI=1S/C27H37NO3/c1-19(2)25(28-26(30)31-18-22-10-8-7-9-11-22)20(3)24(29)17-14-21-12-15-23(16-13-21)27(4,5)6/h7-13,15-16,19-20,25H,14,17-18H2,1-6H3,(H,28,30)/t20-,25+/m0/s1. The van der Waals surface area contributed by atoms with Gasteiger partial charge in [0.2, 0.25) is 0 Å². The van der Waals surface area contributed by atoms with Crippen LogP contribution in [0.1, 0.15) is 64.7 Å². The summed E-state index contributed by atoms with van der Waals surface area (Å²) in [6.07, 6.45) is 0.677. The second-order valence-corrected chi connectivity index (χ2v) is 9.68. The highest BCUT2D eigenvalue weighted by atomic mass is 16.5. The Bertz CT molecular complexity index is 835. The summed E-state index contributed by atoms with van der Waals surface area (Å²) in [6, 6.07) is 17.8. The summed E-state index contributed by atoms with van der Waals surface area (Å²) in [5, 5.41) is 2.91. The van der Waals surface area contributed by atoms with Crippen molar-refractivity contribution >= 4 is 11.9 Å². The lowest BCUT2D eigenvalue weighted by Crippen LogP contribution is -2.45. The average molecular weight is 424 g/mol. The van der Waals surface area contributed by atoms with Gasteiger partial charge < -0.3 is 10.1 Å². The fraction of sp³-hybridized carbons (Fsp3) is 0.481. The van der Waals surface area contributed by atoms with E-state index in [-0.39, 0.29) is 35.7 Å². The summed E-state index contributed by atoms with van der Waals surface area (Å²) in [4.78, 5) is 25.2. The fourth-order valence-electron chi connectivity index (χ4n) is 3.64. The van der Waals surface area contributed by atoms with Crippen LogP contribution in [0, 0.1) is 11.8 Å². The van der Waals surface area contributed by atoms with Crippen LogP contribution >= 0.6 is 0 Å². The number of alkyl carbamates (subject to hydrolysis) is 1. The Hall–Kier alpha value is -2.62. The Morgan fingerprint density at radius 2 is 1.52 bits per heavy atom. The molecule has 2 atom stereocenters. The molecule has 0 saturated heterocycles. The molecule has 1 amide bonds. The maximum Gasteiger partial charge on any atom is 0.407 e. The SMILES string of the molecule is CC(C)[C@@H](NC(=O)OCc1ccccc1)[C@@H](C)C(=O)CCc1ccc(C(C)(C)C)cc1. The molecule has 0 aliphatic rings. The van der Waals surface area contributed by atoms with Gasteiger partial charge in [-0.15, -0.1) is 0 Å². The molecule has 0 aliphatic heterocycles. The van der Waals surface area contributed by atoms with Gasteiger partial charge >= 0.3 is 6.09 Å². The number of hydrogen-bond donors (Lipinski definition) is 1. The second-order valence-electron chi connectivity index (χ2n) is 9.68. The Morgan fingerprint density at radius 3 is 2.06 bits per heavy atom. The number of hydrogen-bond acceptors (Lipinski definition) is 3. The van der Waals surface area contributed by atoms with Gasteiger partial charge in [0.25, 0.3) is 0 Å². The summed E-state index contributed by atoms with van der Waals surface area (Å²) in [6.45, 7) is 12.7. The first-order chi connectivity index (χ1) is 14.6. The van der Waals surface area contributed by atoms with E-state index in [0.29, 0.717) is 12.8 Å². The number of amides is 1. The molecule has 0 heterocycles. The molecule has 0 saturated carbocycles. The molecule has 4 heteroatoms. The normalized spacial score (nSPS) is 13.5. The van der Waals surface area contributed by atoms with Crippen LogP contribution in [0.2, 0.25) is 0 Å². The van der Waals surface area contributed by atoms with Crippen LogP contribution in [0.5, 0.6) is 0 Å². The number of aryl methyl sites for hydroxylation is 1. The topological polar surface area (TPSA) is 55.4 Å². The number of carbonyl (C=O) groups excluding carboxylic acids is 2. The van der Waals surface area contributed by atoms with Gasteiger partial charge in [-0.2, -0.15) is 0 Å². The quantitative estimate of drug-likeness (QED) is 0.532. The van der Waals surface area contributed by atoms with Gasteiger partial charge in [0, 0.05) is 18.4 Å². The zero-order valence-electron chi connectivity index (χ0n) is 19.8. The number of rotatable bonds is 9. The van der Waals surface area contributed by atoms with E-state index in [1.165, 1.54) is 5.56 Å². The van der Waals surface area contributed by atoms with Crippen molar-refractivity contribution in [3.05, 3.63) is 71.3 Å². The molecule has 0 bridgehead atoms. The minimum Gasteiger partial charge on any atom is -0.445 e. The first-order valence-electron chi connectivity index (χ1n) is 11.2. The van der Waals surface area contributed by atoms with Gasteiger partial charge in [-0.25, -0.2) is 4.79 Å². The van der Waals surface area contributed by atoms with Crippen molar-refractivity contribution in [1.29, 1.82) is 0 Å². The fourth-order valence-corrected chi connectivity index (χ4v) is 3.64. The lowest BCUT2D eigenvalue weighted by molar-refractivity contribution is -0.123. The van der Waals surface area contributed by atoms with Crippen LogP contribution in [0.4, 0.5) is 4.79 Å². The zero-order chi connectivity index (χ0) is 23.0. The Morgan fingerprint density at radius 1 is 0.903 bits per heavy atom. The third kappa shape index (κ3) is 7.86. The number of Topliss-reactive ketones (excluding diaryl/α,β-unsaturated/α-hetero) is 1. The van der Waals surface area contributed by atoms with Gasteiger partial charge in [0.1, 0.15) is 12.4 Å². The van der Waals surface area contributed by atoms with E-state index < -0.39 is 6.09 Å².